The highest BCUT2D eigenvalue weighted by Crippen LogP contribution is 2.12. The molecule has 2 aromatic heterocycles. The standard InChI is InChI=1S/C11H11ClN4O/c1-7-5-10(16(2)15-7)14-11(17)8-3-4-13-9(12)6-8/h3-6H,1-2H3,(H,14,17). The number of amides is 1. The molecule has 5 nitrogen and oxygen atoms in total. The van der Waals surface area contributed by atoms with Crippen molar-refractivity contribution in [3.05, 3.63) is 40.8 Å². The van der Waals surface area contributed by atoms with E-state index in [9.17, 15) is 4.79 Å². The van der Waals surface area contributed by atoms with E-state index in [1.165, 1.54) is 12.3 Å². The first-order valence-electron chi connectivity index (χ1n) is 5.00. The van der Waals surface area contributed by atoms with E-state index in [1.807, 2.05) is 6.92 Å². The predicted octanol–water partition coefficient (Wildman–Crippen LogP) is 2.03. The van der Waals surface area contributed by atoms with E-state index in [2.05, 4.69) is 15.4 Å². The lowest BCUT2D eigenvalue weighted by molar-refractivity contribution is 0.102. The number of pyridine rings is 1. The van der Waals surface area contributed by atoms with Gasteiger partial charge in [-0.2, -0.15) is 5.10 Å². The first-order valence-corrected chi connectivity index (χ1v) is 5.37. The van der Waals surface area contributed by atoms with Crippen LogP contribution in [0, 0.1) is 6.92 Å². The summed E-state index contributed by atoms with van der Waals surface area (Å²) in [7, 11) is 1.77. The van der Waals surface area contributed by atoms with Crippen LogP contribution in [0.3, 0.4) is 0 Å². The largest absolute Gasteiger partial charge is 0.307 e. The molecule has 0 radical (unpaired) electrons. The average molecular weight is 251 g/mol. The fourth-order valence-electron chi connectivity index (χ4n) is 1.46. The molecule has 0 atom stereocenters. The van der Waals surface area contributed by atoms with Gasteiger partial charge in [0.05, 0.1) is 5.69 Å². The summed E-state index contributed by atoms with van der Waals surface area (Å²) in [5, 5.41) is 7.18. The molecule has 2 rings (SSSR count). The normalized spacial score (nSPS) is 10.3. The van der Waals surface area contributed by atoms with Crippen molar-refractivity contribution >= 4 is 23.3 Å². The molecule has 0 fully saturated rings. The lowest BCUT2D eigenvalue weighted by Crippen LogP contribution is -2.14. The molecular weight excluding hydrogens is 240 g/mol. The summed E-state index contributed by atoms with van der Waals surface area (Å²) in [5.41, 5.74) is 1.31. The Labute approximate surface area is 103 Å². The molecule has 0 saturated heterocycles. The van der Waals surface area contributed by atoms with Crippen molar-refractivity contribution in [3.63, 3.8) is 0 Å². The third-order valence-electron chi connectivity index (χ3n) is 2.23. The second-order valence-corrected chi connectivity index (χ2v) is 4.00. The maximum absolute atomic E-state index is 11.9. The zero-order chi connectivity index (χ0) is 12.4. The predicted molar refractivity (Wildman–Crippen MR) is 65.1 cm³/mol. The third kappa shape index (κ3) is 2.62. The summed E-state index contributed by atoms with van der Waals surface area (Å²) in [4.78, 5) is 15.7. The van der Waals surface area contributed by atoms with Gasteiger partial charge in [-0.25, -0.2) is 4.98 Å². The molecule has 2 aromatic rings. The van der Waals surface area contributed by atoms with E-state index in [-0.39, 0.29) is 5.91 Å². The van der Waals surface area contributed by atoms with Crippen LogP contribution in [-0.4, -0.2) is 20.7 Å². The molecule has 0 saturated carbocycles. The number of hydrogen-bond acceptors (Lipinski definition) is 3. The van der Waals surface area contributed by atoms with Crippen molar-refractivity contribution in [3.8, 4) is 0 Å². The van der Waals surface area contributed by atoms with E-state index < -0.39 is 0 Å². The number of hydrogen-bond donors (Lipinski definition) is 1. The molecule has 1 N–H and O–H groups in total. The van der Waals surface area contributed by atoms with Crippen molar-refractivity contribution in [1.29, 1.82) is 0 Å². The number of nitrogens with zero attached hydrogens (tertiary/aromatic N) is 3. The van der Waals surface area contributed by atoms with Crippen LogP contribution in [0.2, 0.25) is 5.15 Å². The monoisotopic (exact) mass is 250 g/mol. The van der Waals surface area contributed by atoms with Crippen LogP contribution in [0.1, 0.15) is 16.1 Å². The van der Waals surface area contributed by atoms with Gasteiger partial charge in [-0.3, -0.25) is 9.48 Å². The molecule has 0 bridgehead atoms. The lowest BCUT2D eigenvalue weighted by atomic mass is 10.2. The summed E-state index contributed by atoms with van der Waals surface area (Å²) in [6.07, 6.45) is 1.49. The summed E-state index contributed by atoms with van der Waals surface area (Å²) in [5.74, 6) is 0.401. The highest BCUT2D eigenvalue weighted by molar-refractivity contribution is 6.29. The molecule has 17 heavy (non-hydrogen) atoms. The molecule has 2 heterocycles. The Hall–Kier alpha value is -1.88. The second kappa shape index (κ2) is 4.55. The van der Waals surface area contributed by atoms with Gasteiger partial charge in [0.2, 0.25) is 0 Å². The van der Waals surface area contributed by atoms with Crippen LogP contribution in [0.4, 0.5) is 5.82 Å². The van der Waals surface area contributed by atoms with Crippen LogP contribution < -0.4 is 5.32 Å². The van der Waals surface area contributed by atoms with Gasteiger partial charge in [0.1, 0.15) is 11.0 Å². The number of aromatic nitrogens is 3. The minimum atomic E-state index is -0.239. The molecule has 88 valence electrons. The van der Waals surface area contributed by atoms with Crippen molar-refractivity contribution in [2.75, 3.05) is 5.32 Å². The van der Waals surface area contributed by atoms with Gasteiger partial charge in [-0.1, -0.05) is 11.6 Å². The van der Waals surface area contributed by atoms with Gasteiger partial charge >= 0.3 is 0 Å². The number of carbonyl (C=O) groups excluding carboxylic acids is 1. The summed E-state index contributed by atoms with van der Waals surface area (Å²) in [6.45, 7) is 1.86. The van der Waals surface area contributed by atoms with Gasteiger partial charge < -0.3 is 5.32 Å². The molecule has 0 unspecified atom stereocenters. The van der Waals surface area contributed by atoms with E-state index in [0.29, 0.717) is 16.5 Å². The number of carbonyl (C=O) groups is 1. The van der Waals surface area contributed by atoms with Gasteiger partial charge in [0.15, 0.2) is 0 Å². The van der Waals surface area contributed by atoms with Crippen molar-refractivity contribution in [1.82, 2.24) is 14.8 Å². The van der Waals surface area contributed by atoms with Crippen LogP contribution in [0.25, 0.3) is 0 Å². The summed E-state index contributed by atoms with van der Waals surface area (Å²) < 4.78 is 1.61. The molecule has 1 amide bonds. The van der Waals surface area contributed by atoms with Crippen LogP contribution in [-0.2, 0) is 7.05 Å². The average Bonchev–Trinajstić information content (AvgIpc) is 2.57. The Morgan fingerprint density at radius 1 is 1.47 bits per heavy atom. The molecular formula is C11H11ClN4O. The molecule has 0 spiro atoms. The topological polar surface area (TPSA) is 59.8 Å². The second-order valence-electron chi connectivity index (χ2n) is 3.62. The maximum atomic E-state index is 11.9. The zero-order valence-electron chi connectivity index (χ0n) is 9.44. The smallest absolute Gasteiger partial charge is 0.256 e. The SMILES string of the molecule is Cc1cc(NC(=O)c2ccnc(Cl)c2)n(C)n1. The zero-order valence-corrected chi connectivity index (χ0v) is 10.2. The molecule has 0 aliphatic carbocycles. The Morgan fingerprint density at radius 2 is 2.24 bits per heavy atom. The minimum absolute atomic E-state index is 0.239. The van der Waals surface area contributed by atoms with Crippen molar-refractivity contribution < 1.29 is 4.79 Å². The number of anilines is 1. The first-order chi connectivity index (χ1) is 8.06. The fourth-order valence-corrected chi connectivity index (χ4v) is 1.63. The van der Waals surface area contributed by atoms with Crippen LogP contribution in [0.5, 0.6) is 0 Å². The maximum Gasteiger partial charge on any atom is 0.256 e. The lowest BCUT2D eigenvalue weighted by Gasteiger charge is -2.04. The minimum Gasteiger partial charge on any atom is -0.307 e. The molecule has 0 aromatic carbocycles. The Balaban J connectivity index is 2.20. The van der Waals surface area contributed by atoms with E-state index in [4.69, 9.17) is 11.6 Å². The van der Waals surface area contributed by atoms with E-state index in [1.54, 1.807) is 23.9 Å². The van der Waals surface area contributed by atoms with Crippen LogP contribution >= 0.6 is 11.6 Å². The first kappa shape index (κ1) is 11.6. The fraction of sp³-hybridized carbons (Fsp3) is 0.182. The van der Waals surface area contributed by atoms with Gasteiger partial charge in [-0.05, 0) is 19.1 Å². The molecule has 6 heteroatoms. The van der Waals surface area contributed by atoms with Gasteiger partial charge in [-0.15, -0.1) is 0 Å². The Bertz CT molecular complexity index is 564. The molecule has 0 aliphatic heterocycles. The third-order valence-corrected chi connectivity index (χ3v) is 2.44. The number of halogens is 1. The Kier molecular flexibility index (Phi) is 3.10. The highest BCUT2D eigenvalue weighted by atomic mass is 35.5. The highest BCUT2D eigenvalue weighted by Gasteiger charge is 2.09. The summed E-state index contributed by atoms with van der Waals surface area (Å²) >= 11 is 5.72. The quantitative estimate of drug-likeness (QED) is 0.830. The van der Waals surface area contributed by atoms with E-state index >= 15 is 0 Å². The number of nitrogens with one attached hydrogen (secondary N) is 1. The Morgan fingerprint density at radius 3 is 2.82 bits per heavy atom. The number of aryl methyl sites for hydroxylation is 2. The van der Waals surface area contributed by atoms with Crippen molar-refractivity contribution in [2.45, 2.75) is 6.92 Å². The van der Waals surface area contributed by atoms with Crippen molar-refractivity contribution in [2.24, 2.45) is 7.05 Å². The van der Waals surface area contributed by atoms with E-state index in [0.717, 1.165) is 5.69 Å². The van der Waals surface area contributed by atoms with Crippen LogP contribution in [0.15, 0.2) is 24.4 Å². The van der Waals surface area contributed by atoms with Gasteiger partial charge in [0, 0.05) is 24.9 Å². The summed E-state index contributed by atoms with van der Waals surface area (Å²) in [6, 6.07) is 4.91. The number of rotatable bonds is 2. The molecule has 0 aliphatic rings. The van der Waals surface area contributed by atoms with Gasteiger partial charge in [0.25, 0.3) is 5.91 Å².